The van der Waals surface area contributed by atoms with E-state index in [0.717, 1.165) is 53.7 Å². The van der Waals surface area contributed by atoms with Gasteiger partial charge in [0, 0.05) is 35.3 Å². The van der Waals surface area contributed by atoms with Gasteiger partial charge in [0.25, 0.3) is 5.91 Å². The number of hydrogen-bond acceptors (Lipinski definition) is 5. The highest BCUT2D eigenvalue weighted by Crippen LogP contribution is 2.26. The molecule has 4 N–H and O–H groups in total. The molecule has 1 aliphatic rings. The van der Waals surface area contributed by atoms with Gasteiger partial charge in [-0.25, -0.2) is 4.98 Å². The number of imidazole rings is 1. The Bertz CT molecular complexity index is 1050. The minimum absolute atomic E-state index is 0.0826. The maximum atomic E-state index is 12.5. The summed E-state index contributed by atoms with van der Waals surface area (Å²) >= 11 is 0. The normalized spacial score (nSPS) is 16.7. The number of amides is 1. The van der Waals surface area contributed by atoms with Crippen molar-refractivity contribution >= 4 is 22.7 Å². The first-order valence-corrected chi connectivity index (χ1v) is 9.77. The fraction of sp³-hybridized carbons (Fsp3) is 0.381. The third-order valence-electron chi connectivity index (χ3n) is 5.21. The summed E-state index contributed by atoms with van der Waals surface area (Å²) in [6, 6.07) is 7.73. The van der Waals surface area contributed by atoms with Crippen LogP contribution in [0.25, 0.3) is 22.2 Å². The van der Waals surface area contributed by atoms with Gasteiger partial charge in [-0.05, 0) is 44.4 Å². The highest BCUT2D eigenvalue weighted by atomic mass is 16.5. The fourth-order valence-electron chi connectivity index (χ4n) is 3.62. The molecule has 1 saturated heterocycles. The second-order valence-corrected chi connectivity index (χ2v) is 7.28. The van der Waals surface area contributed by atoms with Crippen LogP contribution >= 0.6 is 0 Å². The number of aromatic nitrogens is 3. The van der Waals surface area contributed by atoms with Gasteiger partial charge in [-0.3, -0.25) is 10.2 Å². The monoisotopic (exact) mass is 395 g/mol. The standard InChI is InChI=1S/C21H25N5O3/c1-12-18(13-6-7-16-14(9-13)10-17(25-16)19(22)28-2)26-20(24-12)21(27)23-11-15-5-3-4-8-29-15/h6-7,9-10,15,22,25H,3-5,8,11H2,1-2H3,(H,23,27)(H,24,26). The van der Waals surface area contributed by atoms with Crippen molar-refractivity contribution < 1.29 is 14.3 Å². The number of ether oxygens (including phenoxy) is 2. The Hall–Kier alpha value is -3.13. The highest BCUT2D eigenvalue weighted by Gasteiger charge is 2.19. The minimum atomic E-state index is -0.230. The highest BCUT2D eigenvalue weighted by molar-refractivity contribution is 5.97. The van der Waals surface area contributed by atoms with Gasteiger partial charge in [0.1, 0.15) is 5.69 Å². The molecule has 1 aliphatic heterocycles. The average Bonchev–Trinajstić information content (AvgIpc) is 3.35. The molecule has 0 radical (unpaired) electrons. The Balaban J connectivity index is 1.52. The molecule has 1 fully saturated rings. The Morgan fingerprint density at radius 1 is 1.34 bits per heavy atom. The summed E-state index contributed by atoms with van der Waals surface area (Å²) in [5, 5.41) is 11.7. The van der Waals surface area contributed by atoms with Crippen LogP contribution in [0.1, 0.15) is 41.3 Å². The van der Waals surface area contributed by atoms with E-state index in [-0.39, 0.29) is 17.9 Å². The number of aromatic amines is 2. The van der Waals surface area contributed by atoms with Gasteiger partial charge < -0.3 is 24.8 Å². The fourth-order valence-corrected chi connectivity index (χ4v) is 3.62. The summed E-state index contributed by atoms with van der Waals surface area (Å²) in [6.45, 7) is 3.16. The number of hydrogen-bond donors (Lipinski definition) is 4. The predicted octanol–water partition coefficient (Wildman–Crippen LogP) is 3.14. The molecule has 3 heterocycles. The molecule has 1 atom stereocenters. The lowest BCUT2D eigenvalue weighted by Gasteiger charge is -2.22. The van der Waals surface area contributed by atoms with Crippen molar-refractivity contribution in [3.63, 3.8) is 0 Å². The molecule has 0 aliphatic carbocycles. The van der Waals surface area contributed by atoms with Crippen molar-refractivity contribution in [2.24, 2.45) is 0 Å². The smallest absolute Gasteiger partial charge is 0.287 e. The van der Waals surface area contributed by atoms with Crippen molar-refractivity contribution in [3.05, 3.63) is 41.5 Å². The number of H-pyrrole nitrogens is 2. The number of carbonyl (C=O) groups is 1. The Morgan fingerprint density at radius 2 is 2.21 bits per heavy atom. The molecule has 0 saturated carbocycles. The van der Waals surface area contributed by atoms with Crippen LogP contribution in [0.5, 0.6) is 0 Å². The number of carbonyl (C=O) groups excluding carboxylic acids is 1. The third kappa shape index (κ3) is 4.02. The zero-order valence-corrected chi connectivity index (χ0v) is 16.6. The molecule has 1 unspecified atom stereocenters. The predicted molar refractivity (Wildman–Crippen MR) is 110 cm³/mol. The van der Waals surface area contributed by atoms with Crippen molar-refractivity contribution in [2.75, 3.05) is 20.3 Å². The van der Waals surface area contributed by atoms with Crippen molar-refractivity contribution in [2.45, 2.75) is 32.3 Å². The lowest BCUT2D eigenvalue weighted by molar-refractivity contribution is 0.0168. The lowest BCUT2D eigenvalue weighted by atomic mass is 10.1. The van der Waals surface area contributed by atoms with Gasteiger partial charge in [0.15, 0.2) is 5.82 Å². The van der Waals surface area contributed by atoms with Crippen LogP contribution < -0.4 is 5.32 Å². The molecule has 8 heteroatoms. The molecule has 3 aromatic rings. The van der Waals surface area contributed by atoms with Crippen molar-refractivity contribution in [1.82, 2.24) is 20.3 Å². The first-order chi connectivity index (χ1) is 14.0. The van der Waals surface area contributed by atoms with Crippen LogP contribution in [0.2, 0.25) is 0 Å². The number of rotatable bonds is 5. The van der Waals surface area contributed by atoms with E-state index >= 15 is 0 Å². The van der Waals surface area contributed by atoms with Gasteiger partial charge in [-0.1, -0.05) is 6.07 Å². The van der Waals surface area contributed by atoms with Crippen LogP contribution in [0.3, 0.4) is 0 Å². The van der Waals surface area contributed by atoms with E-state index in [2.05, 4.69) is 20.3 Å². The van der Waals surface area contributed by atoms with Gasteiger partial charge in [0.2, 0.25) is 5.90 Å². The largest absolute Gasteiger partial charge is 0.480 e. The van der Waals surface area contributed by atoms with E-state index in [9.17, 15) is 4.79 Å². The Morgan fingerprint density at radius 3 is 2.97 bits per heavy atom. The molecule has 8 nitrogen and oxygen atoms in total. The molecule has 29 heavy (non-hydrogen) atoms. The summed E-state index contributed by atoms with van der Waals surface area (Å²) in [6.07, 6.45) is 3.28. The summed E-state index contributed by atoms with van der Waals surface area (Å²) in [4.78, 5) is 23.3. The molecule has 1 amide bonds. The Kier molecular flexibility index (Phi) is 5.35. The second-order valence-electron chi connectivity index (χ2n) is 7.28. The van der Waals surface area contributed by atoms with E-state index in [0.29, 0.717) is 18.1 Å². The summed E-state index contributed by atoms with van der Waals surface area (Å²) < 4.78 is 10.6. The molecule has 1 aromatic carbocycles. The van der Waals surface area contributed by atoms with Crippen LogP contribution in [-0.4, -0.2) is 53.1 Å². The molecular weight excluding hydrogens is 370 g/mol. The zero-order valence-electron chi connectivity index (χ0n) is 16.6. The van der Waals surface area contributed by atoms with Gasteiger partial charge in [0.05, 0.1) is 18.9 Å². The van der Waals surface area contributed by atoms with Gasteiger partial charge >= 0.3 is 0 Å². The number of benzene rings is 1. The topological polar surface area (TPSA) is 116 Å². The first kappa shape index (κ1) is 19.2. The number of nitrogens with zero attached hydrogens (tertiary/aromatic N) is 1. The van der Waals surface area contributed by atoms with Crippen molar-refractivity contribution in [3.8, 4) is 11.3 Å². The summed E-state index contributed by atoms with van der Waals surface area (Å²) in [5.74, 6) is 0.149. The molecular formula is C21H25N5O3. The SMILES string of the molecule is COC(=N)c1cc2cc(-c3nc(C(=O)NCC4CCCCO4)[nH]c3C)ccc2[nH]1. The van der Waals surface area contributed by atoms with E-state index in [1.54, 1.807) is 0 Å². The molecule has 0 bridgehead atoms. The molecule has 0 spiro atoms. The minimum Gasteiger partial charge on any atom is -0.480 e. The van der Waals surface area contributed by atoms with E-state index in [1.807, 2.05) is 31.2 Å². The average molecular weight is 395 g/mol. The van der Waals surface area contributed by atoms with E-state index in [1.165, 1.54) is 7.11 Å². The van der Waals surface area contributed by atoms with Crippen LogP contribution in [0, 0.1) is 12.3 Å². The number of aryl methyl sites for hydroxylation is 1. The third-order valence-corrected chi connectivity index (χ3v) is 5.21. The zero-order chi connectivity index (χ0) is 20.4. The number of nitrogens with one attached hydrogen (secondary N) is 4. The van der Waals surface area contributed by atoms with Crippen LogP contribution in [0.15, 0.2) is 24.3 Å². The maximum absolute atomic E-state index is 12.5. The number of methoxy groups -OCH3 is 1. The quantitative estimate of drug-likeness (QED) is 0.392. The molecule has 2 aromatic heterocycles. The molecule has 152 valence electrons. The lowest BCUT2D eigenvalue weighted by Crippen LogP contribution is -2.35. The van der Waals surface area contributed by atoms with Gasteiger partial charge in [-0.15, -0.1) is 0 Å². The number of fused-ring (bicyclic) bond motifs is 1. The Labute approximate surface area is 168 Å². The first-order valence-electron chi connectivity index (χ1n) is 9.77. The van der Waals surface area contributed by atoms with Crippen LogP contribution in [-0.2, 0) is 9.47 Å². The van der Waals surface area contributed by atoms with Crippen molar-refractivity contribution in [1.29, 1.82) is 5.41 Å². The van der Waals surface area contributed by atoms with Gasteiger partial charge in [-0.2, -0.15) is 0 Å². The molecule has 4 rings (SSSR count). The summed E-state index contributed by atoms with van der Waals surface area (Å²) in [7, 11) is 1.47. The van der Waals surface area contributed by atoms with Crippen LogP contribution in [0.4, 0.5) is 0 Å². The second kappa shape index (κ2) is 8.08. The van der Waals surface area contributed by atoms with E-state index < -0.39 is 0 Å². The maximum Gasteiger partial charge on any atom is 0.287 e. The summed E-state index contributed by atoms with van der Waals surface area (Å²) in [5.41, 5.74) is 3.97. The van der Waals surface area contributed by atoms with E-state index in [4.69, 9.17) is 14.9 Å².